The maximum absolute atomic E-state index is 13.2. The van der Waals surface area contributed by atoms with E-state index in [-0.39, 0.29) is 30.0 Å². The van der Waals surface area contributed by atoms with Gasteiger partial charge in [-0.1, -0.05) is 19.0 Å². The van der Waals surface area contributed by atoms with E-state index >= 15 is 0 Å². The molecule has 1 aromatic carbocycles. The van der Waals surface area contributed by atoms with Gasteiger partial charge in [0.05, 0.1) is 6.61 Å². The number of esters is 1. The SMILES string of the molecule is CCOC(=O)[C@H](Nc1ncnc2onc(-c3ccc(F)cc3)c12)C(C)C. The molecule has 1 atom stereocenters. The molecule has 0 unspecified atom stereocenters. The third-order valence-electron chi connectivity index (χ3n) is 3.89. The van der Waals surface area contributed by atoms with Gasteiger partial charge >= 0.3 is 5.97 Å². The van der Waals surface area contributed by atoms with E-state index in [1.54, 1.807) is 19.1 Å². The van der Waals surface area contributed by atoms with Crippen molar-refractivity contribution in [1.29, 1.82) is 0 Å². The van der Waals surface area contributed by atoms with Gasteiger partial charge in [-0.15, -0.1) is 0 Å². The van der Waals surface area contributed by atoms with Gasteiger partial charge in [-0.2, -0.15) is 4.98 Å². The number of fused-ring (bicyclic) bond motifs is 1. The number of hydrogen-bond donors (Lipinski definition) is 1. The van der Waals surface area contributed by atoms with Gasteiger partial charge in [-0.05, 0) is 37.1 Å². The Morgan fingerprint density at radius 3 is 2.65 bits per heavy atom. The topological polar surface area (TPSA) is 90.1 Å². The molecular weight excluding hydrogens is 339 g/mol. The van der Waals surface area contributed by atoms with Crippen molar-refractivity contribution in [2.75, 3.05) is 11.9 Å². The Bertz CT molecular complexity index is 908. The first-order chi connectivity index (χ1) is 12.5. The van der Waals surface area contributed by atoms with Crippen molar-refractivity contribution in [2.24, 2.45) is 5.92 Å². The first-order valence-electron chi connectivity index (χ1n) is 8.30. The first kappa shape index (κ1) is 17.8. The standard InChI is InChI=1S/C18H19FN4O3/c1-4-25-18(24)14(10(2)3)22-16-13-15(11-5-7-12(19)8-6-11)23-26-17(13)21-9-20-16/h5-10,14H,4H2,1-3H3,(H,20,21,22)/t14-/m1/s1. The predicted molar refractivity (Wildman–Crippen MR) is 93.9 cm³/mol. The number of hydrogen-bond acceptors (Lipinski definition) is 7. The van der Waals surface area contributed by atoms with E-state index in [2.05, 4.69) is 20.4 Å². The van der Waals surface area contributed by atoms with E-state index in [1.807, 2.05) is 13.8 Å². The van der Waals surface area contributed by atoms with Gasteiger partial charge in [0.1, 0.15) is 35.1 Å². The summed E-state index contributed by atoms with van der Waals surface area (Å²) in [6.45, 7) is 5.85. The molecular formula is C18H19FN4O3. The number of benzene rings is 1. The molecule has 7 nitrogen and oxygen atoms in total. The Balaban J connectivity index is 2.04. The molecule has 3 aromatic rings. The fourth-order valence-electron chi connectivity index (χ4n) is 2.58. The summed E-state index contributed by atoms with van der Waals surface area (Å²) in [6, 6.07) is 5.26. The molecule has 0 spiro atoms. The lowest BCUT2D eigenvalue weighted by Gasteiger charge is -2.21. The number of ether oxygens (including phenoxy) is 1. The number of halogens is 1. The largest absolute Gasteiger partial charge is 0.464 e. The molecule has 1 N–H and O–H groups in total. The predicted octanol–water partition coefficient (Wildman–Crippen LogP) is 3.42. The molecule has 3 rings (SSSR count). The van der Waals surface area contributed by atoms with Crippen LogP contribution in [0.5, 0.6) is 0 Å². The van der Waals surface area contributed by atoms with Crippen LogP contribution in [-0.4, -0.2) is 33.7 Å². The highest BCUT2D eigenvalue weighted by molar-refractivity contribution is 5.98. The molecule has 0 saturated carbocycles. The minimum atomic E-state index is -0.594. The molecule has 0 aliphatic carbocycles. The maximum Gasteiger partial charge on any atom is 0.328 e. The van der Waals surface area contributed by atoms with Crippen molar-refractivity contribution in [3.63, 3.8) is 0 Å². The van der Waals surface area contributed by atoms with Gasteiger partial charge in [0.25, 0.3) is 5.71 Å². The third kappa shape index (κ3) is 3.49. The van der Waals surface area contributed by atoms with Crippen LogP contribution in [0.4, 0.5) is 10.2 Å². The average Bonchev–Trinajstić information content (AvgIpc) is 3.05. The zero-order valence-corrected chi connectivity index (χ0v) is 14.7. The number of carbonyl (C=O) groups is 1. The molecule has 2 heterocycles. The van der Waals surface area contributed by atoms with Gasteiger partial charge in [-0.3, -0.25) is 0 Å². The first-order valence-corrected chi connectivity index (χ1v) is 8.30. The van der Waals surface area contributed by atoms with Crippen LogP contribution in [0.15, 0.2) is 35.1 Å². The Kier molecular flexibility index (Phi) is 5.11. The van der Waals surface area contributed by atoms with Gasteiger partial charge in [-0.25, -0.2) is 14.2 Å². The van der Waals surface area contributed by atoms with Gasteiger partial charge < -0.3 is 14.6 Å². The molecule has 2 aromatic heterocycles. The minimum absolute atomic E-state index is 0.0341. The maximum atomic E-state index is 13.2. The van der Waals surface area contributed by atoms with E-state index in [0.29, 0.717) is 22.5 Å². The van der Waals surface area contributed by atoms with E-state index in [4.69, 9.17) is 9.26 Å². The molecule has 0 radical (unpaired) electrons. The molecule has 0 fully saturated rings. The number of nitrogens with one attached hydrogen (secondary N) is 1. The van der Waals surface area contributed by atoms with Crippen LogP contribution in [0.25, 0.3) is 22.4 Å². The van der Waals surface area contributed by atoms with Crippen LogP contribution in [-0.2, 0) is 9.53 Å². The Hall–Kier alpha value is -3.03. The second-order valence-corrected chi connectivity index (χ2v) is 6.06. The number of nitrogens with zero attached hydrogens (tertiary/aromatic N) is 3. The fourth-order valence-corrected chi connectivity index (χ4v) is 2.58. The Morgan fingerprint density at radius 2 is 2.00 bits per heavy atom. The zero-order valence-electron chi connectivity index (χ0n) is 14.7. The van der Waals surface area contributed by atoms with Crippen molar-refractivity contribution in [3.8, 4) is 11.3 Å². The Labute approximate surface area is 149 Å². The summed E-state index contributed by atoms with van der Waals surface area (Å²) in [4.78, 5) is 20.6. The van der Waals surface area contributed by atoms with Crippen molar-refractivity contribution in [3.05, 3.63) is 36.4 Å². The monoisotopic (exact) mass is 358 g/mol. The smallest absolute Gasteiger partial charge is 0.328 e. The number of carbonyl (C=O) groups excluding carboxylic acids is 1. The third-order valence-corrected chi connectivity index (χ3v) is 3.89. The Morgan fingerprint density at radius 1 is 1.27 bits per heavy atom. The lowest BCUT2D eigenvalue weighted by atomic mass is 10.0. The molecule has 8 heteroatoms. The highest BCUT2D eigenvalue weighted by Gasteiger charge is 2.26. The fraction of sp³-hybridized carbons (Fsp3) is 0.333. The molecule has 0 aliphatic rings. The van der Waals surface area contributed by atoms with Gasteiger partial charge in [0, 0.05) is 5.56 Å². The number of rotatable bonds is 6. The summed E-state index contributed by atoms with van der Waals surface area (Å²) in [5.41, 5.74) is 1.39. The number of aromatic nitrogens is 3. The molecule has 0 aliphatic heterocycles. The van der Waals surface area contributed by atoms with Crippen LogP contribution in [0.1, 0.15) is 20.8 Å². The van der Waals surface area contributed by atoms with Crippen molar-refractivity contribution in [2.45, 2.75) is 26.8 Å². The quantitative estimate of drug-likeness (QED) is 0.675. The van der Waals surface area contributed by atoms with Crippen LogP contribution in [0.3, 0.4) is 0 Å². The summed E-state index contributed by atoms with van der Waals surface area (Å²) in [6.07, 6.45) is 1.33. The van der Waals surface area contributed by atoms with Gasteiger partial charge in [0.15, 0.2) is 0 Å². The molecule has 0 amide bonds. The van der Waals surface area contributed by atoms with Crippen molar-refractivity contribution < 1.29 is 18.4 Å². The van der Waals surface area contributed by atoms with Crippen molar-refractivity contribution in [1.82, 2.24) is 15.1 Å². The normalized spacial score (nSPS) is 12.3. The second kappa shape index (κ2) is 7.47. The summed E-state index contributed by atoms with van der Waals surface area (Å²) < 4.78 is 23.6. The lowest BCUT2D eigenvalue weighted by Crippen LogP contribution is -2.36. The van der Waals surface area contributed by atoms with Crippen LogP contribution < -0.4 is 5.32 Å². The molecule has 0 bridgehead atoms. The molecule has 26 heavy (non-hydrogen) atoms. The van der Waals surface area contributed by atoms with E-state index in [9.17, 15) is 9.18 Å². The molecule has 136 valence electrons. The van der Waals surface area contributed by atoms with Gasteiger partial charge in [0.2, 0.25) is 0 Å². The highest BCUT2D eigenvalue weighted by atomic mass is 19.1. The average molecular weight is 358 g/mol. The second-order valence-electron chi connectivity index (χ2n) is 6.06. The highest BCUT2D eigenvalue weighted by Crippen LogP contribution is 2.32. The summed E-state index contributed by atoms with van der Waals surface area (Å²) in [7, 11) is 0. The number of anilines is 1. The summed E-state index contributed by atoms with van der Waals surface area (Å²) in [5.74, 6) is -0.345. The van der Waals surface area contributed by atoms with E-state index in [0.717, 1.165) is 0 Å². The van der Waals surface area contributed by atoms with E-state index < -0.39 is 6.04 Å². The minimum Gasteiger partial charge on any atom is -0.464 e. The van der Waals surface area contributed by atoms with E-state index in [1.165, 1.54) is 18.5 Å². The van der Waals surface area contributed by atoms with Crippen LogP contribution >= 0.6 is 0 Å². The molecule has 0 saturated heterocycles. The van der Waals surface area contributed by atoms with Crippen LogP contribution in [0.2, 0.25) is 0 Å². The van der Waals surface area contributed by atoms with Crippen molar-refractivity contribution >= 4 is 22.9 Å². The van der Waals surface area contributed by atoms with Crippen LogP contribution in [0, 0.1) is 11.7 Å². The lowest BCUT2D eigenvalue weighted by molar-refractivity contribution is -0.145. The summed E-state index contributed by atoms with van der Waals surface area (Å²) >= 11 is 0. The summed E-state index contributed by atoms with van der Waals surface area (Å²) in [5, 5.41) is 7.67. The zero-order chi connectivity index (χ0) is 18.7.